The van der Waals surface area contributed by atoms with E-state index in [2.05, 4.69) is 61.8 Å². The van der Waals surface area contributed by atoms with Crippen LogP contribution in [0.3, 0.4) is 0 Å². The topological polar surface area (TPSA) is 0 Å². The predicted octanol–water partition coefficient (Wildman–Crippen LogP) is 3.51. The van der Waals surface area contributed by atoms with Crippen molar-refractivity contribution in [3.63, 3.8) is 0 Å². The Morgan fingerprint density at radius 1 is 1.23 bits per heavy atom. The molecule has 0 aliphatic rings. The first-order chi connectivity index (χ1) is 6.25. The Hall–Kier alpha value is 0.397. The third-order valence-corrected chi connectivity index (χ3v) is 5.48. The van der Waals surface area contributed by atoms with E-state index in [0.29, 0.717) is 0 Å². The van der Waals surface area contributed by atoms with Gasteiger partial charge in [-0.3, -0.25) is 0 Å². The molecule has 71 valence electrons. The van der Waals surface area contributed by atoms with Crippen LogP contribution < -0.4 is 5.19 Å². The summed E-state index contributed by atoms with van der Waals surface area (Å²) >= 11 is 7.29. The number of unbranched alkanes of at least 4 members (excludes halogenated alkanes) is 1. The second kappa shape index (κ2) is 5.99. The van der Waals surface area contributed by atoms with Gasteiger partial charge >= 0.3 is 0 Å². The van der Waals surface area contributed by atoms with Crippen molar-refractivity contribution in [3.8, 4) is 0 Å². The van der Waals surface area contributed by atoms with E-state index in [9.17, 15) is 0 Å². The smallest absolute Gasteiger partial charge is 0.106 e. The van der Waals surface area contributed by atoms with Crippen LogP contribution in [-0.4, -0.2) is 6.04 Å². The minimum Gasteiger partial charge on any atom is -0.106 e. The molecule has 1 rings (SSSR count). The molecule has 0 bridgehead atoms. The molecule has 0 fully saturated rings. The van der Waals surface area contributed by atoms with Gasteiger partial charge in [0.2, 0.25) is 6.04 Å². The Kier molecular flexibility index (Phi) is 5.28. The molecule has 1 aromatic rings. The van der Waals surface area contributed by atoms with Crippen LogP contribution in [-0.2, 0) is 6.42 Å². The Labute approximate surface area is 97.5 Å². The zero-order valence-electron chi connectivity index (χ0n) is 7.69. The van der Waals surface area contributed by atoms with E-state index in [1.54, 1.807) is 0 Å². The number of hydrogen-bond acceptors (Lipinski definition) is 0. The Balaban J connectivity index is 2.78. The molecule has 0 N–H and O–H groups in total. The van der Waals surface area contributed by atoms with Gasteiger partial charge < -0.3 is 0 Å². The third-order valence-electron chi connectivity index (χ3n) is 2.02. The standard InChI is InChI=1S/C10H13Br2Si/c1-2-3-6-9-7-4-5-8-10(9)13(11)12/h4-5,7-8H,2-3,6H2,1H3. The highest BCUT2D eigenvalue weighted by Gasteiger charge is 2.09. The predicted molar refractivity (Wildman–Crippen MR) is 68.3 cm³/mol. The lowest BCUT2D eigenvalue weighted by Crippen LogP contribution is -2.21. The van der Waals surface area contributed by atoms with E-state index in [-0.39, 0.29) is 0 Å². The van der Waals surface area contributed by atoms with Gasteiger partial charge in [0, 0.05) is 0 Å². The lowest BCUT2D eigenvalue weighted by molar-refractivity contribution is 0.798. The number of rotatable bonds is 4. The van der Waals surface area contributed by atoms with Crippen LogP contribution in [0.4, 0.5) is 0 Å². The van der Waals surface area contributed by atoms with Crippen molar-refractivity contribution < 1.29 is 0 Å². The molecule has 0 aliphatic heterocycles. The summed E-state index contributed by atoms with van der Waals surface area (Å²) < 4.78 is 0. The number of benzene rings is 1. The van der Waals surface area contributed by atoms with Crippen molar-refractivity contribution in [2.75, 3.05) is 0 Å². The highest BCUT2D eigenvalue weighted by Crippen LogP contribution is 2.09. The molecule has 3 heteroatoms. The number of hydrogen-bond donors (Lipinski definition) is 0. The number of aryl methyl sites for hydroxylation is 1. The molecule has 0 saturated carbocycles. The van der Waals surface area contributed by atoms with E-state index in [0.717, 1.165) is 0 Å². The van der Waals surface area contributed by atoms with Gasteiger partial charge in [-0.2, -0.15) is 0 Å². The molecule has 0 spiro atoms. The molecule has 13 heavy (non-hydrogen) atoms. The summed E-state index contributed by atoms with van der Waals surface area (Å²) in [6.07, 6.45) is 3.76. The summed E-state index contributed by atoms with van der Waals surface area (Å²) in [7, 11) is 0. The van der Waals surface area contributed by atoms with Gasteiger partial charge in [0.05, 0.1) is 0 Å². The summed E-state index contributed by atoms with van der Waals surface area (Å²) in [5.74, 6) is 0. The number of halogens is 2. The quantitative estimate of drug-likeness (QED) is 0.588. The average Bonchev–Trinajstić information content (AvgIpc) is 2.15. The highest BCUT2D eigenvalue weighted by molar-refractivity contribution is 9.49. The lowest BCUT2D eigenvalue weighted by atomic mass is 10.1. The second-order valence-electron chi connectivity index (χ2n) is 3.02. The van der Waals surface area contributed by atoms with Crippen molar-refractivity contribution in [1.82, 2.24) is 0 Å². The monoisotopic (exact) mass is 319 g/mol. The molecule has 0 saturated heterocycles. The van der Waals surface area contributed by atoms with E-state index in [1.165, 1.54) is 30.0 Å². The lowest BCUT2D eigenvalue weighted by Gasteiger charge is -2.07. The van der Waals surface area contributed by atoms with Gasteiger partial charge in [0.25, 0.3) is 0 Å². The fourth-order valence-corrected chi connectivity index (χ4v) is 4.28. The van der Waals surface area contributed by atoms with Gasteiger partial charge in [0.1, 0.15) is 0 Å². The van der Waals surface area contributed by atoms with Crippen LogP contribution in [0.5, 0.6) is 0 Å². The average molecular weight is 321 g/mol. The second-order valence-corrected chi connectivity index (χ2v) is 12.0. The van der Waals surface area contributed by atoms with E-state index in [4.69, 9.17) is 0 Å². The normalized spacial score (nSPS) is 10.8. The molecule has 0 aliphatic carbocycles. The van der Waals surface area contributed by atoms with Crippen LogP contribution in [0.25, 0.3) is 0 Å². The van der Waals surface area contributed by atoms with E-state index < -0.39 is 6.04 Å². The van der Waals surface area contributed by atoms with Crippen LogP contribution in [0, 0.1) is 0 Å². The summed E-state index contributed by atoms with van der Waals surface area (Å²) in [4.78, 5) is 0. The molecule has 1 aromatic carbocycles. The van der Waals surface area contributed by atoms with Gasteiger partial charge in [-0.15, -0.1) is 30.6 Å². The molecule has 0 unspecified atom stereocenters. The van der Waals surface area contributed by atoms with Crippen LogP contribution >= 0.6 is 30.6 Å². The maximum absolute atomic E-state index is 3.64. The molecular formula is C10H13Br2Si. The highest BCUT2D eigenvalue weighted by atomic mass is 79.9. The van der Waals surface area contributed by atoms with Gasteiger partial charge in [-0.05, 0) is 23.6 Å². The largest absolute Gasteiger partial charge is 0.249 e. The summed E-state index contributed by atoms with van der Waals surface area (Å²) in [6.45, 7) is 2.23. The zero-order chi connectivity index (χ0) is 9.68. The molecule has 0 amide bonds. The fourth-order valence-electron chi connectivity index (χ4n) is 1.29. The first-order valence-electron chi connectivity index (χ1n) is 4.52. The van der Waals surface area contributed by atoms with Crippen LogP contribution in [0.1, 0.15) is 25.3 Å². The van der Waals surface area contributed by atoms with Crippen molar-refractivity contribution in [2.24, 2.45) is 0 Å². The molecule has 0 atom stereocenters. The Morgan fingerprint density at radius 2 is 1.92 bits per heavy atom. The van der Waals surface area contributed by atoms with Gasteiger partial charge in [-0.1, -0.05) is 37.6 Å². The van der Waals surface area contributed by atoms with Crippen molar-refractivity contribution in [3.05, 3.63) is 29.8 Å². The fraction of sp³-hybridized carbons (Fsp3) is 0.400. The first kappa shape index (κ1) is 11.5. The SMILES string of the molecule is CCCCc1ccccc1[Si](Br)Br. The summed E-state index contributed by atoms with van der Waals surface area (Å²) in [5.41, 5.74) is 1.49. The molecular weight excluding hydrogens is 308 g/mol. The van der Waals surface area contributed by atoms with Crippen LogP contribution in [0.2, 0.25) is 0 Å². The first-order valence-corrected chi connectivity index (χ1v) is 10.5. The molecule has 1 radical (unpaired) electrons. The third kappa shape index (κ3) is 3.56. The van der Waals surface area contributed by atoms with Gasteiger partial charge in [-0.25, -0.2) is 0 Å². The minimum absolute atomic E-state index is 0.647. The van der Waals surface area contributed by atoms with Gasteiger partial charge in [0.15, 0.2) is 0 Å². The summed E-state index contributed by atoms with van der Waals surface area (Å²) in [6, 6.07) is 8.03. The van der Waals surface area contributed by atoms with Crippen molar-refractivity contribution in [2.45, 2.75) is 26.2 Å². The van der Waals surface area contributed by atoms with E-state index >= 15 is 0 Å². The molecule has 0 nitrogen and oxygen atoms in total. The van der Waals surface area contributed by atoms with Crippen LogP contribution in [0.15, 0.2) is 24.3 Å². The van der Waals surface area contributed by atoms with Crippen molar-refractivity contribution in [1.29, 1.82) is 0 Å². The van der Waals surface area contributed by atoms with Crippen molar-refractivity contribution >= 4 is 41.8 Å². The Morgan fingerprint density at radius 3 is 2.54 bits per heavy atom. The molecule has 0 heterocycles. The molecule has 0 aromatic heterocycles. The minimum atomic E-state index is -0.647. The van der Waals surface area contributed by atoms with E-state index in [1.807, 2.05) is 0 Å². The summed E-state index contributed by atoms with van der Waals surface area (Å²) in [5, 5.41) is 1.46. The zero-order valence-corrected chi connectivity index (χ0v) is 11.9. The maximum atomic E-state index is 3.64. The Bertz CT molecular complexity index is 261. The maximum Gasteiger partial charge on any atom is 0.249 e.